The van der Waals surface area contributed by atoms with Crippen LogP contribution in [0.4, 0.5) is 0 Å². The largest absolute Gasteiger partial charge is 0.139 e. The monoisotopic (exact) mass is 133 g/mol. The fourth-order valence-electron chi connectivity index (χ4n) is 0.205. The maximum atomic E-state index is 3.42. The molecule has 0 aliphatic rings. The second-order valence-electron chi connectivity index (χ2n) is 0.811. The van der Waals surface area contributed by atoms with Crippen LogP contribution in [0.25, 0.3) is 0 Å². The van der Waals surface area contributed by atoms with E-state index < -0.39 is 0 Å². The van der Waals surface area contributed by atoms with Gasteiger partial charge in [0.25, 0.3) is 0 Å². The van der Waals surface area contributed by atoms with Crippen molar-refractivity contribution in [1.82, 2.24) is 15.4 Å². The van der Waals surface area contributed by atoms with Gasteiger partial charge in [-0.05, 0) is 11.3 Å². The van der Waals surface area contributed by atoms with E-state index in [1.807, 2.05) is 0 Å². The Morgan fingerprint density at radius 2 is 1.57 bits per heavy atom. The molecule has 0 aromatic carbocycles. The Kier molecular flexibility index (Phi) is 3.48. The molecule has 0 saturated heterocycles. The van der Waals surface area contributed by atoms with Crippen molar-refractivity contribution in [1.29, 1.82) is 0 Å². The van der Waals surface area contributed by atoms with Crippen molar-refractivity contribution in [3.63, 3.8) is 0 Å². The molecule has 0 spiro atoms. The molecule has 7 heavy (non-hydrogen) atoms. The van der Waals surface area contributed by atoms with Crippen LogP contribution in [0.2, 0.25) is 0 Å². The Bertz CT molecular complexity index is 82.1. The molecular formula is C3H3CrN3. The Hall–Kier alpha value is -0.458. The van der Waals surface area contributed by atoms with E-state index >= 15 is 0 Å². The summed E-state index contributed by atoms with van der Waals surface area (Å²) in [6.45, 7) is 0. The number of hydrogen-bond acceptors (Lipinski definition) is 3. The minimum Gasteiger partial charge on any atom is -0.139 e. The van der Waals surface area contributed by atoms with Gasteiger partial charge in [-0.15, -0.1) is 10.2 Å². The topological polar surface area (TPSA) is 38.7 Å². The molecular weight excluding hydrogens is 130 g/mol. The van der Waals surface area contributed by atoms with Crippen LogP contribution < -0.4 is 0 Å². The fourth-order valence-corrected chi connectivity index (χ4v) is 0.205. The van der Waals surface area contributed by atoms with E-state index in [0.29, 0.717) is 0 Å². The first-order chi connectivity index (χ1) is 3.00. The smallest absolute Gasteiger partial charge is 0.0529 e. The molecule has 4 heteroatoms. The third-order valence-corrected chi connectivity index (χ3v) is 0.409. The molecule has 0 aliphatic heterocycles. The van der Waals surface area contributed by atoms with Gasteiger partial charge in [0.15, 0.2) is 0 Å². The summed E-state index contributed by atoms with van der Waals surface area (Å²) in [5, 5.41) is 10.1. The minimum absolute atomic E-state index is 0. The molecule has 0 fully saturated rings. The molecule has 1 rings (SSSR count). The van der Waals surface area contributed by atoms with Crippen molar-refractivity contribution in [2.45, 2.75) is 0 Å². The third-order valence-electron chi connectivity index (χ3n) is 0.409. The van der Waals surface area contributed by atoms with Gasteiger partial charge < -0.3 is 0 Å². The van der Waals surface area contributed by atoms with Gasteiger partial charge in [0.2, 0.25) is 0 Å². The second kappa shape index (κ2) is 3.72. The summed E-state index contributed by atoms with van der Waals surface area (Å²) in [6.07, 6.45) is 3.15. The molecule has 0 unspecified atom stereocenters. The number of nitrogens with zero attached hydrogens (tertiary/aromatic N) is 3. The molecule has 0 atom stereocenters. The van der Waals surface area contributed by atoms with Crippen molar-refractivity contribution in [3.05, 3.63) is 18.5 Å². The zero-order valence-electron chi connectivity index (χ0n) is 3.48. The van der Waals surface area contributed by atoms with Gasteiger partial charge in [0.05, 0.1) is 12.4 Å². The molecule has 0 aliphatic carbocycles. The normalized spacial score (nSPS) is 6.86. The van der Waals surface area contributed by atoms with Gasteiger partial charge in [0.1, 0.15) is 0 Å². The summed E-state index contributed by atoms with van der Waals surface area (Å²) in [6, 6.07) is 1.72. The van der Waals surface area contributed by atoms with Crippen LogP contribution in [0, 0.1) is 0 Å². The first kappa shape index (κ1) is 6.54. The van der Waals surface area contributed by atoms with Gasteiger partial charge in [-0.3, -0.25) is 0 Å². The van der Waals surface area contributed by atoms with Crippen molar-refractivity contribution in [2.75, 3.05) is 0 Å². The van der Waals surface area contributed by atoms with E-state index in [0.717, 1.165) is 0 Å². The minimum atomic E-state index is 0. The maximum Gasteiger partial charge on any atom is 0.0529 e. The van der Waals surface area contributed by atoms with E-state index in [4.69, 9.17) is 0 Å². The van der Waals surface area contributed by atoms with E-state index in [1.165, 1.54) is 0 Å². The van der Waals surface area contributed by atoms with Crippen molar-refractivity contribution < 1.29 is 17.4 Å². The summed E-state index contributed by atoms with van der Waals surface area (Å²) >= 11 is 0. The van der Waals surface area contributed by atoms with Crippen molar-refractivity contribution in [3.8, 4) is 0 Å². The Balaban J connectivity index is 0.000000360. The summed E-state index contributed by atoms with van der Waals surface area (Å²) in [7, 11) is 0. The van der Waals surface area contributed by atoms with Gasteiger partial charge in [0, 0.05) is 17.4 Å². The molecule has 0 amide bonds. The zero-order chi connectivity index (χ0) is 4.24. The van der Waals surface area contributed by atoms with Gasteiger partial charge >= 0.3 is 0 Å². The average Bonchev–Trinajstić information content (AvgIpc) is 1.72. The Morgan fingerprint density at radius 3 is 1.71 bits per heavy atom. The van der Waals surface area contributed by atoms with E-state index in [-0.39, 0.29) is 17.4 Å². The van der Waals surface area contributed by atoms with E-state index in [1.54, 1.807) is 18.5 Å². The van der Waals surface area contributed by atoms with Crippen LogP contribution >= 0.6 is 0 Å². The maximum absolute atomic E-state index is 3.42. The molecule has 0 saturated carbocycles. The number of rotatable bonds is 0. The summed E-state index contributed by atoms with van der Waals surface area (Å²) in [5.41, 5.74) is 0. The molecule has 1 aromatic rings. The van der Waals surface area contributed by atoms with Crippen molar-refractivity contribution >= 4 is 0 Å². The van der Waals surface area contributed by atoms with Crippen LogP contribution in [0.15, 0.2) is 18.5 Å². The van der Waals surface area contributed by atoms with E-state index in [2.05, 4.69) is 15.4 Å². The number of aromatic nitrogens is 3. The average molecular weight is 133 g/mol. The first-order valence-electron chi connectivity index (χ1n) is 1.58. The first-order valence-corrected chi connectivity index (χ1v) is 1.58. The summed E-state index contributed by atoms with van der Waals surface area (Å²) in [5.74, 6) is 0. The second-order valence-corrected chi connectivity index (χ2v) is 0.811. The van der Waals surface area contributed by atoms with Crippen LogP contribution in [0.1, 0.15) is 0 Å². The van der Waals surface area contributed by atoms with Crippen molar-refractivity contribution in [2.24, 2.45) is 0 Å². The van der Waals surface area contributed by atoms with Crippen LogP contribution in [-0.2, 0) is 17.4 Å². The van der Waals surface area contributed by atoms with Gasteiger partial charge in [-0.2, -0.15) is 0 Å². The van der Waals surface area contributed by atoms with Crippen LogP contribution in [-0.4, -0.2) is 15.4 Å². The predicted octanol–water partition coefficient (Wildman–Crippen LogP) is -0.131. The standard InChI is InChI=1S/C3H3N3.Cr/c1-2-4-6-5-3-1;/h1-3H;. The quantitative estimate of drug-likeness (QED) is 0.494. The van der Waals surface area contributed by atoms with Gasteiger partial charge in [-0.1, -0.05) is 0 Å². The molecule has 1 aromatic heterocycles. The number of hydrogen-bond donors (Lipinski definition) is 0. The van der Waals surface area contributed by atoms with Gasteiger partial charge in [-0.25, -0.2) is 0 Å². The summed E-state index contributed by atoms with van der Waals surface area (Å²) in [4.78, 5) is 0. The SMILES string of the molecule is [Cr].c1cnnnc1. The molecule has 3 nitrogen and oxygen atoms in total. The predicted molar refractivity (Wildman–Crippen MR) is 19.8 cm³/mol. The van der Waals surface area contributed by atoms with E-state index in [9.17, 15) is 0 Å². The molecule has 0 radical (unpaired) electrons. The molecule has 1 heterocycles. The molecule has 36 valence electrons. The Labute approximate surface area is 51.9 Å². The zero-order valence-corrected chi connectivity index (χ0v) is 4.76. The molecule has 0 N–H and O–H groups in total. The Morgan fingerprint density at radius 1 is 1.00 bits per heavy atom. The van der Waals surface area contributed by atoms with Crippen LogP contribution in [0.3, 0.4) is 0 Å². The molecule has 0 bridgehead atoms. The van der Waals surface area contributed by atoms with Crippen LogP contribution in [0.5, 0.6) is 0 Å². The fraction of sp³-hybridized carbons (Fsp3) is 0. The summed E-state index contributed by atoms with van der Waals surface area (Å²) < 4.78 is 0. The third kappa shape index (κ3) is 2.26.